The van der Waals surface area contributed by atoms with E-state index in [1.165, 1.54) is 12.1 Å². The maximum absolute atomic E-state index is 13.6. The van der Waals surface area contributed by atoms with E-state index in [2.05, 4.69) is 10.6 Å². The highest BCUT2D eigenvalue weighted by atomic mass is 35.5. The Morgan fingerprint density at radius 3 is 3.00 bits per heavy atom. The highest BCUT2D eigenvalue weighted by Gasteiger charge is 2.31. The Morgan fingerprint density at radius 1 is 1.59 bits per heavy atom. The predicted molar refractivity (Wildman–Crippen MR) is 64.8 cm³/mol. The van der Waals surface area contributed by atoms with E-state index in [4.69, 9.17) is 11.6 Å². The van der Waals surface area contributed by atoms with Crippen LogP contribution in [0.2, 0.25) is 5.02 Å². The summed E-state index contributed by atoms with van der Waals surface area (Å²) in [4.78, 5) is 11.9. The average Bonchev–Trinajstić information content (AvgIpc) is 2.68. The van der Waals surface area contributed by atoms with E-state index in [1.807, 2.05) is 6.92 Å². The van der Waals surface area contributed by atoms with Gasteiger partial charge in [-0.25, -0.2) is 4.39 Å². The molecule has 1 aromatic carbocycles. The first kappa shape index (κ1) is 12.3. The zero-order chi connectivity index (χ0) is 12.5. The van der Waals surface area contributed by atoms with Gasteiger partial charge in [0.2, 0.25) is 0 Å². The van der Waals surface area contributed by atoms with Crippen molar-refractivity contribution in [2.45, 2.75) is 18.9 Å². The van der Waals surface area contributed by atoms with E-state index >= 15 is 0 Å². The van der Waals surface area contributed by atoms with Crippen molar-refractivity contribution in [1.82, 2.24) is 10.6 Å². The molecule has 0 aromatic heterocycles. The molecule has 17 heavy (non-hydrogen) atoms. The van der Waals surface area contributed by atoms with Gasteiger partial charge >= 0.3 is 0 Å². The number of amides is 1. The number of carbonyl (C=O) groups excluding carboxylic acids is 1. The third-order valence-electron chi connectivity index (χ3n) is 2.98. The van der Waals surface area contributed by atoms with Gasteiger partial charge in [0.05, 0.1) is 16.1 Å². The van der Waals surface area contributed by atoms with E-state index in [-0.39, 0.29) is 16.1 Å². The van der Waals surface area contributed by atoms with Gasteiger partial charge in [0.25, 0.3) is 5.91 Å². The summed E-state index contributed by atoms with van der Waals surface area (Å²) in [5.41, 5.74) is -0.322. The van der Waals surface area contributed by atoms with Crippen molar-refractivity contribution in [3.63, 3.8) is 0 Å². The molecule has 0 radical (unpaired) electrons. The highest BCUT2D eigenvalue weighted by molar-refractivity contribution is 6.31. The largest absolute Gasteiger partial charge is 0.345 e. The zero-order valence-electron chi connectivity index (χ0n) is 9.52. The van der Waals surface area contributed by atoms with Crippen LogP contribution in [0.4, 0.5) is 4.39 Å². The second kappa shape index (κ2) is 4.63. The molecule has 0 spiro atoms. The van der Waals surface area contributed by atoms with Gasteiger partial charge in [0, 0.05) is 6.54 Å². The third kappa shape index (κ3) is 2.58. The van der Waals surface area contributed by atoms with Gasteiger partial charge < -0.3 is 10.6 Å². The molecule has 2 N–H and O–H groups in total. The molecule has 92 valence electrons. The van der Waals surface area contributed by atoms with Crippen molar-refractivity contribution in [3.05, 3.63) is 34.6 Å². The number of benzene rings is 1. The topological polar surface area (TPSA) is 41.1 Å². The fourth-order valence-electron chi connectivity index (χ4n) is 1.94. The Hall–Kier alpha value is -1.13. The van der Waals surface area contributed by atoms with Crippen LogP contribution < -0.4 is 10.6 Å². The number of carbonyl (C=O) groups is 1. The molecule has 1 amide bonds. The molecule has 1 aromatic rings. The van der Waals surface area contributed by atoms with Crippen LogP contribution in [0.1, 0.15) is 23.7 Å². The van der Waals surface area contributed by atoms with Crippen LogP contribution in [-0.2, 0) is 0 Å². The Kier molecular flexibility index (Phi) is 3.35. The fraction of sp³-hybridized carbons (Fsp3) is 0.417. The summed E-state index contributed by atoms with van der Waals surface area (Å²) in [6.07, 6.45) is 0.834. The van der Waals surface area contributed by atoms with Crippen molar-refractivity contribution < 1.29 is 9.18 Å². The summed E-state index contributed by atoms with van der Waals surface area (Å²) >= 11 is 5.64. The van der Waals surface area contributed by atoms with Crippen LogP contribution >= 0.6 is 11.6 Å². The standard InChI is InChI=1S/C12H14ClFN2O/c1-12(5-6-15-7-12)16-11(17)8-3-2-4-9(13)10(8)14/h2-4,15H,5-7H2,1H3,(H,16,17). The van der Waals surface area contributed by atoms with Crippen molar-refractivity contribution in [2.75, 3.05) is 13.1 Å². The minimum absolute atomic E-state index is 0.00868. The maximum Gasteiger partial charge on any atom is 0.254 e. The van der Waals surface area contributed by atoms with Crippen LogP contribution in [0.25, 0.3) is 0 Å². The number of hydrogen-bond acceptors (Lipinski definition) is 2. The lowest BCUT2D eigenvalue weighted by Gasteiger charge is -2.24. The predicted octanol–water partition coefficient (Wildman–Crippen LogP) is 1.96. The molecular formula is C12H14ClFN2O. The molecular weight excluding hydrogens is 243 g/mol. The summed E-state index contributed by atoms with van der Waals surface area (Å²) < 4.78 is 13.6. The number of rotatable bonds is 2. The molecule has 0 bridgehead atoms. The molecule has 1 fully saturated rings. The molecule has 1 atom stereocenters. The molecule has 0 saturated carbocycles. The maximum atomic E-state index is 13.6. The second-order valence-corrected chi connectivity index (χ2v) is 4.95. The number of hydrogen-bond donors (Lipinski definition) is 2. The van der Waals surface area contributed by atoms with E-state index in [0.29, 0.717) is 6.54 Å². The van der Waals surface area contributed by atoms with Gasteiger partial charge in [-0.05, 0) is 32.0 Å². The molecule has 1 saturated heterocycles. The summed E-state index contributed by atoms with van der Waals surface area (Å²) in [7, 11) is 0. The average molecular weight is 257 g/mol. The lowest BCUT2D eigenvalue weighted by atomic mass is 10.0. The van der Waals surface area contributed by atoms with E-state index in [1.54, 1.807) is 6.07 Å². The summed E-state index contributed by atoms with van der Waals surface area (Å²) in [5, 5.41) is 5.97. The minimum atomic E-state index is -0.666. The van der Waals surface area contributed by atoms with Gasteiger partial charge in [-0.2, -0.15) is 0 Å². The summed E-state index contributed by atoms with van der Waals surface area (Å²) in [6, 6.07) is 4.42. The summed E-state index contributed by atoms with van der Waals surface area (Å²) in [5.74, 6) is -1.09. The van der Waals surface area contributed by atoms with Crippen LogP contribution in [0.5, 0.6) is 0 Å². The lowest BCUT2D eigenvalue weighted by molar-refractivity contribution is 0.0909. The SMILES string of the molecule is CC1(NC(=O)c2cccc(Cl)c2F)CCNC1. The van der Waals surface area contributed by atoms with Gasteiger partial charge in [-0.3, -0.25) is 4.79 Å². The summed E-state index contributed by atoms with van der Waals surface area (Å²) in [6.45, 7) is 3.49. The lowest BCUT2D eigenvalue weighted by Crippen LogP contribution is -2.47. The van der Waals surface area contributed by atoms with Crippen LogP contribution in [0.15, 0.2) is 18.2 Å². The fourth-order valence-corrected chi connectivity index (χ4v) is 2.12. The molecule has 1 aliphatic heterocycles. The van der Waals surface area contributed by atoms with E-state index < -0.39 is 11.7 Å². The molecule has 1 unspecified atom stereocenters. The van der Waals surface area contributed by atoms with Gasteiger partial charge in [-0.1, -0.05) is 17.7 Å². The van der Waals surface area contributed by atoms with E-state index in [9.17, 15) is 9.18 Å². The van der Waals surface area contributed by atoms with Crippen molar-refractivity contribution in [3.8, 4) is 0 Å². The van der Waals surface area contributed by atoms with Crippen molar-refractivity contribution >= 4 is 17.5 Å². The van der Waals surface area contributed by atoms with Crippen LogP contribution in [-0.4, -0.2) is 24.5 Å². The Morgan fingerprint density at radius 2 is 2.35 bits per heavy atom. The number of halogens is 2. The van der Waals surface area contributed by atoms with Crippen molar-refractivity contribution in [2.24, 2.45) is 0 Å². The molecule has 0 aliphatic carbocycles. The monoisotopic (exact) mass is 256 g/mol. The van der Waals surface area contributed by atoms with Crippen LogP contribution in [0.3, 0.4) is 0 Å². The quantitative estimate of drug-likeness (QED) is 0.849. The van der Waals surface area contributed by atoms with E-state index in [0.717, 1.165) is 13.0 Å². The molecule has 1 aliphatic rings. The Balaban J connectivity index is 2.17. The Labute approximate surface area is 104 Å². The minimum Gasteiger partial charge on any atom is -0.345 e. The first-order valence-corrected chi connectivity index (χ1v) is 5.87. The molecule has 3 nitrogen and oxygen atoms in total. The van der Waals surface area contributed by atoms with Crippen LogP contribution in [0, 0.1) is 5.82 Å². The Bertz CT molecular complexity index is 444. The van der Waals surface area contributed by atoms with Gasteiger partial charge in [-0.15, -0.1) is 0 Å². The first-order chi connectivity index (χ1) is 8.02. The van der Waals surface area contributed by atoms with Gasteiger partial charge in [0.1, 0.15) is 0 Å². The zero-order valence-corrected chi connectivity index (χ0v) is 10.3. The third-order valence-corrected chi connectivity index (χ3v) is 3.27. The number of nitrogens with one attached hydrogen (secondary N) is 2. The molecule has 2 rings (SSSR count). The van der Waals surface area contributed by atoms with Gasteiger partial charge in [0.15, 0.2) is 5.82 Å². The molecule has 1 heterocycles. The second-order valence-electron chi connectivity index (χ2n) is 4.54. The molecule has 5 heteroatoms. The smallest absolute Gasteiger partial charge is 0.254 e. The normalized spacial score (nSPS) is 23.7. The highest BCUT2D eigenvalue weighted by Crippen LogP contribution is 2.20. The van der Waals surface area contributed by atoms with Crippen molar-refractivity contribution in [1.29, 1.82) is 0 Å². The first-order valence-electron chi connectivity index (χ1n) is 5.49.